The van der Waals surface area contributed by atoms with Gasteiger partial charge < -0.3 is 19.2 Å². The summed E-state index contributed by atoms with van der Waals surface area (Å²) in [5.41, 5.74) is 1.61. The lowest BCUT2D eigenvalue weighted by atomic mass is 10.1. The summed E-state index contributed by atoms with van der Waals surface area (Å²) in [7, 11) is 1.53. The SMILES string of the molecule is COc1cc(/C=C(/C#N)C(=O)NCc2ccco2)cc(Br)c1OCc1ccccc1. The van der Waals surface area contributed by atoms with E-state index in [2.05, 4.69) is 21.2 Å². The van der Waals surface area contributed by atoms with Crippen molar-refractivity contribution >= 4 is 27.9 Å². The van der Waals surface area contributed by atoms with Gasteiger partial charge in [-0.2, -0.15) is 5.26 Å². The second kappa shape index (κ2) is 10.3. The first-order valence-corrected chi connectivity index (χ1v) is 9.86. The largest absolute Gasteiger partial charge is 0.493 e. The van der Waals surface area contributed by atoms with Crippen molar-refractivity contribution in [3.63, 3.8) is 0 Å². The number of hydrogen-bond acceptors (Lipinski definition) is 5. The number of nitriles is 1. The lowest BCUT2D eigenvalue weighted by molar-refractivity contribution is -0.117. The molecule has 0 aliphatic heterocycles. The number of rotatable bonds is 8. The average molecular weight is 467 g/mol. The van der Waals surface area contributed by atoms with Gasteiger partial charge in [-0.3, -0.25) is 4.79 Å². The molecule has 0 saturated carbocycles. The van der Waals surface area contributed by atoms with Gasteiger partial charge in [-0.25, -0.2) is 0 Å². The van der Waals surface area contributed by atoms with E-state index in [1.54, 1.807) is 24.3 Å². The van der Waals surface area contributed by atoms with Crippen molar-refractivity contribution in [3.8, 4) is 17.6 Å². The third-order valence-electron chi connectivity index (χ3n) is 4.16. The Hall–Kier alpha value is -3.50. The highest BCUT2D eigenvalue weighted by atomic mass is 79.9. The molecule has 0 bridgehead atoms. The van der Waals surface area contributed by atoms with Crippen LogP contribution in [0.3, 0.4) is 0 Å². The fraction of sp³-hybridized carbons (Fsp3) is 0.130. The van der Waals surface area contributed by atoms with E-state index in [1.165, 1.54) is 19.4 Å². The molecule has 3 aromatic rings. The number of benzene rings is 2. The maximum absolute atomic E-state index is 12.3. The van der Waals surface area contributed by atoms with E-state index < -0.39 is 5.91 Å². The Labute approximate surface area is 182 Å². The first-order valence-electron chi connectivity index (χ1n) is 9.07. The number of amides is 1. The molecule has 0 unspecified atom stereocenters. The molecular weight excluding hydrogens is 448 g/mol. The fourth-order valence-electron chi connectivity index (χ4n) is 2.68. The van der Waals surface area contributed by atoms with Gasteiger partial charge in [-0.1, -0.05) is 30.3 Å². The molecule has 2 aromatic carbocycles. The normalized spacial score (nSPS) is 10.9. The molecule has 30 heavy (non-hydrogen) atoms. The van der Waals surface area contributed by atoms with Gasteiger partial charge in [0.1, 0.15) is 24.0 Å². The Balaban J connectivity index is 1.76. The van der Waals surface area contributed by atoms with E-state index in [0.717, 1.165) is 5.56 Å². The highest BCUT2D eigenvalue weighted by Gasteiger charge is 2.14. The lowest BCUT2D eigenvalue weighted by Crippen LogP contribution is -2.23. The minimum absolute atomic E-state index is 0.0338. The predicted octanol–water partition coefficient (Wildman–Crippen LogP) is 4.85. The molecule has 3 rings (SSSR count). The van der Waals surface area contributed by atoms with Crippen molar-refractivity contribution < 1.29 is 18.7 Å². The van der Waals surface area contributed by atoms with Crippen LogP contribution in [0.25, 0.3) is 6.08 Å². The van der Waals surface area contributed by atoms with Crippen LogP contribution < -0.4 is 14.8 Å². The number of nitrogens with zero attached hydrogens (tertiary/aromatic N) is 1. The predicted molar refractivity (Wildman–Crippen MR) is 116 cm³/mol. The molecule has 1 N–H and O–H groups in total. The monoisotopic (exact) mass is 466 g/mol. The van der Waals surface area contributed by atoms with Crippen LogP contribution in [0.4, 0.5) is 0 Å². The summed E-state index contributed by atoms with van der Waals surface area (Å²) in [5, 5.41) is 12.1. The van der Waals surface area contributed by atoms with E-state index >= 15 is 0 Å². The summed E-state index contributed by atoms with van der Waals surface area (Å²) in [5.74, 6) is 1.14. The van der Waals surface area contributed by atoms with Crippen molar-refractivity contribution in [3.05, 3.63) is 87.8 Å². The van der Waals surface area contributed by atoms with Gasteiger partial charge in [-0.15, -0.1) is 0 Å². The molecule has 1 heterocycles. The first kappa shape index (κ1) is 21.2. The van der Waals surface area contributed by atoms with Crippen molar-refractivity contribution in [2.75, 3.05) is 7.11 Å². The maximum Gasteiger partial charge on any atom is 0.262 e. The smallest absolute Gasteiger partial charge is 0.262 e. The van der Waals surface area contributed by atoms with Crippen LogP contribution in [0.5, 0.6) is 11.5 Å². The van der Waals surface area contributed by atoms with Crippen LogP contribution in [-0.4, -0.2) is 13.0 Å². The molecule has 1 aromatic heterocycles. The van der Waals surface area contributed by atoms with Crippen molar-refractivity contribution in [1.82, 2.24) is 5.32 Å². The Kier molecular flexibility index (Phi) is 7.30. The fourth-order valence-corrected chi connectivity index (χ4v) is 3.26. The van der Waals surface area contributed by atoms with Crippen LogP contribution in [0.2, 0.25) is 0 Å². The Morgan fingerprint density at radius 1 is 1.23 bits per heavy atom. The molecular formula is C23H19BrN2O4. The molecule has 0 fully saturated rings. The van der Waals surface area contributed by atoms with Crippen LogP contribution >= 0.6 is 15.9 Å². The third kappa shape index (κ3) is 5.52. The first-order chi connectivity index (χ1) is 14.6. The summed E-state index contributed by atoms with van der Waals surface area (Å²) >= 11 is 3.49. The number of carbonyl (C=O) groups excluding carboxylic acids is 1. The summed E-state index contributed by atoms with van der Waals surface area (Å²) < 4.78 is 17.2. The Bertz CT molecular complexity index is 1070. The van der Waals surface area contributed by atoms with Crippen molar-refractivity contribution in [2.24, 2.45) is 0 Å². The summed E-state index contributed by atoms with van der Waals surface area (Å²) in [6.45, 7) is 0.577. The third-order valence-corrected chi connectivity index (χ3v) is 4.75. The average Bonchev–Trinajstić information content (AvgIpc) is 3.29. The minimum atomic E-state index is -0.492. The molecule has 0 atom stereocenters. The van der Waals surface area contributed by atoms with E-state index in [0.29, 0.717) is 33.9 Å². The maximum atomic E-state index is 12.3. The molecule has 1 amide bonds. The standard InChI is InChI=1S/C23H19BrN2O4/c1-28-21-12-17(10-18(13-25)23(27)26-14-19-8-5-9-29-19)11-20(24)22(21)30-15-16-6-3-2-4-7-16/h2-12H,14-15H2,1H3,(H,26,27)/b18-10-. The number of hydrogen-bond donors (Lipinski definition) is 1. The van der Waals surface area contributed by atoms with Gasteiger partial charge in [-0.05, 0) is 57.4 Å². The van der Waals surface area contributed by atoms with E-state index in [4.69, 9.17) is 13.9 Å². The molecule has 7 heteroatoms. The zero-order chi connectivity index (χ0) is 21.3. The highest BCUT2D eigenvalue weighted by Crippen LogP contribution is 2.37. The lowest BCUT2D eigenvalue weighted by Gasteiger charge is -2.14. The molecule has 0 aliphatic rings. The Morgan fingerprint density at radius 2 is 2.03 bits per heavy atom. The number of carbonyl (C=O) groups is 1. The molecule has 152 valence electrons. The van der Waals surface area contributed by atoms with Crippen LogP contribution in [0.1, 0.15) is 16.9 Å². The number of ether oxygens (including phenoxy) is 2. The van der Waals surface area contributed by atoms with E-state index in [9.17, 15) is 10.1 Å². The van der Waals surface area contributed by atoms with Gasteiger partial charge in [0.05, 0.1) is 24.4 Å². The van der Waals surface area contributed by atoms with Crippen molar-refractivity contribution in [1.29, 1.82) is 5.26 Å². The van der Waals surface area contributed by atoms with Gasteiger partial charge >= 0.3 is 0 Å². The highest BCUT2D eigenvalue weighted by molar-refractivity contribution is 9.10. The minimum Gasteiger partial charge on any atom is -0.493 e. The van der Waals surface area contributed by atoms with Gasteiger partial charge in [0, 0.05) is 0 Å². The van der Waals surface area contributed by atoms with Gasteiger partial charge in [0.2, 0.25) is 0 Å². The molecule has 0 spiro atoms. The number of furan rings is 1. The Morgan fingerprint density at radius 3 is 2.70 bits per heavy atom. The van der Waals surface area contributed by atoms with E-state index in [-0.39, 0.29) is 12.1 Å². The zero-order valence-corrected chi connectivity index (χ0v) is 17.8. The molecule has 0 radical (unpaired) electrons. The van der Waals surface area contributed by atoms with Crippen LogP contribution in [0, 0.1) is 11.3 Å². The van der Waals surface area contributed by atoms with Gasteiger partial charge in [0.25, 0.3) is 5.91 Å². The van der Waals surface area contributed by atoms with Gasteiger partial charge in [0.15, 0.2) is 11.5 Å². The van der Waals surface area contributed by atoms with Crippen molar-refractivity contribution in [2.45, 2.75) is 13.2 Å². The quantitative estimate of drug-likeness (QED) is 0.378. The topological polar surface area (TPSA) is 84.5 Å². The number of nitrogens with one attached hydrogen (secondary N) is 1. The second-order valence-corrected chi connectivity index (χ2v) is 7.09. The molecule has 6 nitrogen and oxygen atoms in total. The number of methoxy groups -OCH3 is 1. The van der Waals surface area contributed by atoms with Crippen LogP contribution in [0.15, 0.2) is 75.3 Å². The number of halogens is 1. The molecule has 0 aliphatic carbocycles. The molecule has 0 saturated heterocycles. The van der Waals surface area contributed by atoms with E-state index in [1.807, 2.05) is 36.4 Å². The summed E-state index contributed by atoms with van der Waals surface area (Å²) in [4.78, 5) is 12.3. The summed E-state index contributed by atoms with van der Waals surface area (Å²) in [6, 6.07) is 18.6. The van der Waals surface area contributed by atoms with Crippen LogP contribution in [-0.2, 0) is 17.9 Å². The summed E-state index contributed by atoms with van der Waals surface area (Å²) in [6.07, 6.45) is 3.01. The second-order valence-electron chi connectivity index (χ2n) is 6.24. The zero-order valence-electron chi connectivity index (χ0n) is 16.2.